The Bertz CT molecular complexity index is 523. The molecule has 102 valence electrons. The smallest absolute Gasteiger partial charge is 0.160 e. The Kier molecular flexibility index (Phi) is 2.85. The molecule has 19 heavy (non-hydrogen) atoms. The molecule has 0 saturated heterocycles. The molecule has 0 bridgehead atoms. The zero-order valence-corrected chi connectivity index (χ0v) is 12.7. The predicted octanol–water partition coefficient (Wildman–Crippen LogP) is 4.16. The highest BCUT2D eigenvalue weighted by Gasteiger charge is 2.33. The number of benzene rings is 1. The van der Waals surface area contributed by atoms with Gasteiger partial charge in [0.2, 0.25) is 0 Å². The van der Waals surface area contributed by atoms with Crippen molar-refractivity contribution in [3.8, 4) is 0 Å². The van der Waals surface area contributed by atoms with Crippen molar-refractivity contribution in [3.63, 3.8) is 0 Å². The van der Waals surface area contributed by atoms with E-state index in [9.17, 15) is 4.79 Å². The van der Waals surface area contributed by atoms with Crippen molar-refractivity contribution in [3.05, 3.63) is 33.4 Å². The Morgan fingerprint density at radius 1 is 0.842 bits per heavy atom. The molecule has 0 saturated carbocycles. The van der Waals surface area contributed by atoms with Crippen molar-refractivity contribution in [1.82, 2.24) is 0 Å². The lowest BCUT2D eigenvalue weighted by Gasteiger charge is -2.28. The minimum absolute atomic E-state index is 0.207. The quantitative estimate of drug-likeness (QED) is 0.689. The van der Waals surface area contributed by atoms with Crippen molar-refractivity contribution >= 4 is 5.78 Å². The Labute approximate surface area is 116 Å². The number of carbonyl (C=O) groups excluding carboxylic acids is 1. The second-order valence-corrected chi connectivity index (χ2v) is 7.18. The van der Waals surface area contributed by atoms with Crippen LogP contribution in [0.5, 0.6) is 0 Å². The number of ketones is 1. The molecule has 0 heterocycles. The van der Waals surface area contributed by atoms with Gasteiger partial charge in [0.25, 0.3) is 0 Å². The lowest BCUT2D eigenvalue weighted by atomic mass is 9.76. The summed E-state index contributed by atoms with van der Waals surface area (Å²) in [5.41, 5.74) is 8.75. The van der Waals surface area contributed by atoms with Crippen molar-refractivity contribution in [2.45, 2.75) is 71.6 Å². The van der Waals surface area contributed by atoms with Gasteiger partial charge < -0.3 is 0 Å². The van der Waals surface area contributed by atoms with E-state index in [0.29, 0.717) is 0 Å². The van der Waals surface area contributed by atoms with E-state index in [1.807, 2.05) is 0 Å². The van der Waals surface area contributed by atoms with Crippen molar-refractivity contribution < 1.29 is 4.79 Å². The molecule has 0 amide bonds. The summed E-state index contributed by atoms with van der Waals surface area (Å²) in [5.74, 6) is 0.289. The monoisotopic (exact) mass is 256 g/mol. The van der Waals surface area contributed by atoms with Gasteiger partial charge >= 0.3 is 0 Å². The number of carbonyl (C=O) groups is 1. The van der Waals surface area contributed by atoms with E-state index in [0.717, 1.165) is 18.4 Å². The molecule has 0 spiro atoms. The van der Waals surface area contributed by atoms with Crippen LogP contribution in [0.4, 0.5) is 0 Å². The Morgan fingerprint density at radius 3 is 1.63 bits per heavy atom. The van der Waals surface area contributed by atoms with E-state index in [4.69, 9.17) is 0 Å². The third kappa shape index (κ3) is 1.86. The third-order valence-corrected chi connectivity index (χ3v) is 4.74. The van der Waals surface area contributed by atoms with Gasteiger partial charge in [0, 0.05) is 5.56 Å². The average Bonchev–Trinajstić information content (AvgIpc) is 2.89. The summed E-state index contributed by atoms with van der Waals surface area (Å²) in [6, 6.07) is 0. The molecular formula is C18H24O. The first kappa shape index (κ1) is 12.9. The van der Waals surface area contributed by atoms with Crippen LogP contribution in [-0.2, 0) is 31.1 Å². The minimum atomic E-state index is 0.207. The van der Waals surface area contributed by atoms with Gasteiger partial charge in [-0.1, -0.05) is 20.8 Å². The molecule has 1 nitrogen and oxygen atoms in total. The van der Waals surface area contributed by atoms with Crippen LogP contribution < -0.4 is 0 Å². The molecular weight excluding hydrogens is 232 g/mol. The first-order valence-electron chi connectivity index (χ1n) is 7.62. The predicted molar refractivity (Wildman–Crippen MR) is 79.2 cm³/mol. The molecule has 0 fully saturated rings. The normalized spacial score (nSPS) is 17.5. The minimum Gasteiger partial charge on any atom is -0.294 e. The van der Waals surface area contributed by atoms with Crippen LogP contribution >= 0.6 is 0 Å². The summed E-state index contributed by atoms with van der Waals surface area (Å²) in [7, 11) is 0. The fourth-order valence-electron chi connectivity index (χ4n) is 4.29. The first-order valence-corrected chi connectivity index (χ1v) is 7.62. The van der Waals surface area contributed by atoms with Crippen molar-refractivity contribution in [1.29, 1.82) is 0 Å². The lowest BCUT2D eigenvalue weighted by Crippen LogP contribution is -2.20. The molecule has 0 atom stereocenters. The maximum atomic E-state index is 12.1. The van der Waals surface area contributed by atoms with Gasteiger partial charge in [0.05, 0.1) is 0 Å². The molecule has 0 aromatic heterocycles. The van der Waals surface area contributed by atoms with Crippen molar-refractivity contribution in [2.24, 2.45) is 0 Å². The molecule has 0 N–H and O–H groups in total. The van der Waals surface area contributed by atoms with Crippen LogP contribution in [0.25, 0.3) is 0 Å². The molecule has 0 radical (unpaired) electrons. The molecule has 2 aliphatic rings. The molecule has 1 aromatic carbocycles. The summed E-state index contributed by atoms with van der Waals surface area (Å²) in [6.07, 6.45) is 7.02. The topological polar surface area (TPSA) is 17.1 Å². The van der Waals surface area contributed by atoms with Crippen LogP contribution in [0.2, 0.25) is 0 Å². The number of fused-ring (bicyclic) bond motifs is 2. The largest absolute Gasteiger partial charge is 0.294 e. The number of rotatable bonds is 1. The van der Waals surface area contributed by atoms with Crippen molar-refractivity contribution in [2.75, 3.05) is 0 Å². The van der Waals surface area contributed by atoms with Crippen LogP contribution in [-0.4, -0.2) is 5.78 Å². The van der Waals surface area contributed by atoms with E-state index in [-0.39, 0.29) is 11.2 Å². The first-order chi connectivity index (χ1) is 8.91. The number of hydrogen-bond acceptors (Lipinski definition) is 1. The molecule has 1 heteroatoms. The summed E-state index contributed by atoms with van der Waals surface area (Å²) in [5, 5.41) is 0. The molecule has 1 aromatic rings. The van der Waals surface area contributed by atoms with E-state index < -0.39 is 0 Å². The van der Waals surface area contributed by atoms with Gasteiger partial charge in [-0.25, -0.2) is 0 Å². The highest BCUT2D eigenvalue weighted by Crippen LogP contribution is 2.43. The van der Waals surface area contributed by atoms with Gasteiger partial charge in [0.15, 0.2) is 5.78 Å². The lowest BCUT2D eigenvalue weighted by molar-refractivity contribution is 0.101. The second kappa shape index (κ2) is 4.19. The average molecular weight is 256 g/mol. The number of Topliss-reactive ketones (excluding diaryl/α,β-unsaturated/α-hetero) is 1. The SMILES string of the molecule is CC(=O)c1c2c(c(C(C)(C)C)c3c1CCC3)CCC2. The maximum absolute atomic E-state index is 12.1. The summed E-state index contributed by atoms with van der Waals surface area (Å²) in [6.45, 7) is 8.73. The highest BCUT2D eigenvalue weighted by atomic mass is 16.1. The summed E-state index contributed by atoms with van der Waals surface area (Å²) in [4.78, 5) is 12.1. The molecule has 0 aliphatic heterocycles. The van der Waals surface area contributed by atoms with Gasteiger partial charge in [-0.2, -0.15) is 0 Å². The fraction of sp³-hybridized carbons (Fsp3) is 0.611. The van der Waals surface area contributed by atoms with Crippen LogP contribution in [0.3, 0.4) is 0 Å². The molecule has 0 unspecified atom stereocenters. The zero-order chi connectivity index (χ0) is 13.8. The van der Waals surface area contributed by atoms with Crippen LogP contribution in [0.1, 0.15) is 78.7 Å². The zero-order valence-electron chi connectivity index (χ0n) is 12.7. The Morgan fingerprint density at radius 2 is 1.26 bits per heavy atom. The van der Waals surface area contributed by atoms with Gasteiger partial charge in [0.1, 0.15) is 0 Å². The van der Waals surface area contributed by atoms with Gasteiger partial charge in [-0.05, 0) is 78.7 Å². The fourth-order valence-corrected chi connectivity index (χ4v) is 4.29. The van der Waals surface area contributed by atoms with Gasteiger partial charge in [-0.3, -0.25) is 4.79 Å². The highest BCUT2D eigenvalue weighted by molar-refractivity contribution is 5.98. The van der Waals surface area contributed by atoms with Crippen LogP contribution in [0, 0.1) is 0 Å². The van der Waals surface area contributed by atoms with E-state index in [2.05, 4.69) is 20.8 Å². The molecule has 2 aliphatic carbocycles. The van der Waals surface area contributed by atoms with E-state index in [1.165, 1.54) is 47.9 Å². The number of hydrogen-bond donors (Lipinski definition) is 0. The summed E-state index contributed by atoms with van der Waals surface area (Å²) >= 11 is 0. The maximum Gasteiger partial charge on any atom is 0.160 e. The standard InChI is InChI=1S/C18H24O/c1-11(19)16-12-7-5-9-14(12)17(18(2,3)4)15-10-6-8-13(15)16/h5-10H2,1-4H3. The second-order valence-electron chi connectivity index (χ2n) is 7.18. The van der Waals surface area contributed by atoms with Gasteiger partial charge in [-0.15, -0.1) is 0 Å². The van der Waals surface area contributed by atoms with Crippen LogP contribution in [0.15, 0.2) is 0 Å². The Hall–Kier alpha value is -1.11. The summed E-state index contributed by atoms with van der Waals surface area (Å²) < 4.78 is 0. The van der Waals surface area contributed by atoms with E-state index >= 15 is 0 Å². The van der Waals surface area contributed by atoms with E-state index in [1.54, 1.807) is 12.5 Å². The molecule has 3 rings (SSSR count). The third-order valence-electron chi connectivity index (χ3n) is 4.74. The Balaban J connectivity index is 2.38.